The van der Waals surface area contributed by atoms with Crippen LogP contribution in [0.25, 0.3) is 0 Å². The Kier molecular flexibility index (Phi) is 3.59. The third-order valence-corrected chi connectivity index (χ3v) is 3.46. The molecule has 2 aliphatic rings. The first-order valence-electron chi connectivity index (χ1n) is 6.05. The molecule has 3 N–H and O–H groups in total. The molecular weight excluding hydrogens is 190 g/mol. The summed E-state index contributed by atoms with van der Waals surface area (Å²) in [5.41, 5.74) is 5.82. The molecule has 0 aliphatic carbocycles. The molecule has 4 heteroatoms. The Hall–Kier alpha value is -0.610. The van der Waals surface area contributed by atoms with Crippen LogP contribution in [-0.4, -0.2) is 42.5 Å². The second-order valence-corrected chi connectivity index (χ2v) is 4.67. The molecule has 0 bridgehead atoms. The van der Waals surface area contributed by atoms with Crippen LogP contribution in [0.5, 0.6) is 0 Å². The van der Waals surface area contributed by atoms with Gasteiger partial charge < -0.3 is 16.0 Å². The van der Waals surface area contributed by atoms with E-state index in [1.165, 1.54) is 12.8 Å². The van der Waals surface area contributed by atoms with Crippen molar-refractivity contribution in [3.05, 3.63) is 0 Å². The number of hydrogen-bond acceptors (Lipinski definition) is 3. The van der Waals surface area contributed by atoms with Crippen molar-refractivity contribution >= 4 is 5.91 Å². The Labute approximate surface area is 91.2 Å². The lowest BCUT2D eigenvalue weighted by molar-refractivity contribution is -0.135. The Balaban J connectivity index is 1.84. The summed E-state index contributed by atoms with van der Waals surface area (Å²) in [5.74, 6) is 0.293. The van der Waals surface area contributed by atoms with Gasteiger partial charge in [-0.2, -0.15) is 0 Å². The summed E-state index contributed by atoms with van der Waals surface area (Å²) in [6.07, 6.45) is 5.30. The average molecular weight is 211 g/mol. The maximum Gasteiger partial charge on any atom is 0.239 e. The Morgan fingerprint density at radius 2 is 1.93 bits per heavy atom. The van der Waals surface area contributed by atoms with Crippen molar-refractivity contribution in [2.75, 3.05) is 19.6 Å². The molecule has 4 nitrogen and oxygen atoms in total. The van der Waals surface area contributed by atoms with E-state index >= 15 is 0 Å². The van der Waals surface area contributed by atoms with E-state index in [1.54, 1.807) is 0 Å². The number of nitrogens with zero attached hydrogens (tertiary/aromatic N) is 1. The second-order valence-electron chi connectivity index (χ2n) is 4.67. The number of nitrogens with one attached hydrogen (secondary N) is 1. The maximum absolute atomic E-state index is 12.1. The highest BCUT2D eigenvalue weighted by molar-refractivity contribution is 5.82. The lowest BCUT2D eigenvalue weighted by atomic mass is 10.0. The largest absolute Gasteiger partial charge is 0.341 e. The maximum atomic E-state index is 12.1. The highest BCUT2D eigenvalue weighted by Crippen LogP contribution is 2.14. The number of piperidine rings is 2. The van der Waals surface area contributed by atoms with Crippen molar-refractivity contribution in [1.29, 1.82) is 0 Å². The number of amides is 1. The minimum absolute atomic E-state index is 0.0769. The van der Waals surface area contributed by atoms with Gasteiger partial charge in [-0.05, 0) is 32.2 Å². The molecule has 15 heavy (non-hydrogen) atoms. The van der Waals surface area contributed by atoms with Crippen LogP contribution in [-0.2, 0) is 4.79 Å². The van der Waals surface area contributed by atoms with Crippen LogP contribution in [0, 0.1) is 0 Å². The van der Waals surface area contributed by atoms with Crippen LogP contribution < -0.4 is 11.1 Å². The van der Waals surface area contributed by atoms with Crippen LogP contribution in [0.3, 0.4) is 0 Å². The molecule has 0 saturated carbocycles. The predicted molar refractivity (Wildman–Crippen MR) is 59.4 cm³/mol. The van der Waals surface area contributed by atoms with Gasteiger partial charge in [0.15, 0.2) is 0 Å². The van der Waals surface area contributed by atoms with E-state index in [-0.39, 0.29) is 6.04 Å². The summed E-state index contributed by atoms with van der Waals surface area (Å²) in [6, 6.07) is 0.376. The molecule has 1 unspecified atom stereocenters. The number of carbonyl (C=O) groups excluding carboxylic acids is 1. The molecule has 2 fully saturated rings. The second kappa shape index (κ2) is 4.94. The first-order valence-corrected chi connectivity index (χ1v) is 6.05. The summed E-state index contributed by atoms with van der Waals surface area (Å²) < 4.78 is 0. The molecular formula is C11H21N3O. The number of likely N-dealkylation sites (tertiary alicyclic amines) is 1. The zero-order valence-electron chi connectivity index (χ0n) is 9.24. The van der Waals surface area contributed by atoms with E-state index in [0.717, 1.165) is 38.9 Å². The fourth-order valence-electron chi connectivity index (χ4n) is 2.40. The van der Waals surface area contributed by atoms with Crippen molar-refractivity contribution < 1.29 is 4.79 Å². The third kappa shape index (κ3) is 2.69. The van der Waals surface area contributed by atoms with Crippen LogP contribution >= 0.6 is 0 Å². The van der Waals surface area contributed by atoms with E-state index < -0.39 is 0 Å². The van der Waals surface area contributed by atoms with Gasteiger partial charge >= 0.3 is 0 Å². The summed E-state index contributed by atoms with van der Waals surface area (Å²) in [6.45, 7) is 2.68. The van der Waals surface area contributed by atoms with E-state index in [1.807, 2.05) is 4.90 Å². The molecule has 1 atom stereocenters. The third-order valence-electron chi connectivity index (χ3n) is 3.46. The molecule has 86 valence electrons. The summed E-state index contributed by atoms with van der Waals surface area (Å²) in [5, 5.41) is 3.30. The van der Waals surface area contributed by atoms with Crippen molar-refractivity contribution in [2.45, 2.75) is 44.2 Å². The van der Waals surface area contributed by atoms with Crippen molar-refractivity contribution in [2.24, 2.45) is 5.73 Å². The minimum Gasteiger partial charge on any atom is -0.341 e. The SMILES string of the molecule is NC1CCN(C(=O)C2CCCCN2)CC1. The van der Waals surface area contributed by atoms with Crippen LogP contribution in [0.4, 0.5) is 0 Å². The molecule has 2 rings (SSSR count). The quantitative estimate of drug-likeness (QED) is 0.645. The normalized spacial score (nSPS) is 29.1. The van der Waals surface area contributed by atoms with Crippen LogP contribution in [0.1, 0.15) is 32.1 Å². The van der Waals surface area contributed by atoms with Gasteiger partial charge in [-0.15, -0.1) is 0 Å². The van der Waals surface area contributed by atoms with Crippen molar-refractivity contribution in [3.8, 4) is 0 Å². The fraction of sp³-hybridized carbons (Fsp3) is 0.909. The molecule has 0 aromatic rings. The zero-order chi connectivity index (χ0) is 10.7. The van der Waals surface area contributed by atoms with Gasteiger partial charge in [0.1, 0.15) is 0 Å². The highest BCUT2D eigenvalue weighted by atomic mass is 16.2. The number of rotatable bonds is 1. The van der Waals surface area contributed by atoms with Gasteiger partial charge in [0.25, 0.3) is 0 Å². The van der Waals surface area contributed by atoms with Gasteiger partial charge in [-0.1, -0.05) is 6.42 Å². The minimum atomic E-state index is 0.0769. The molecule has 0 aromatic carbocycles. The summed E-state index contributed by atoms with van der Waals surface area (Å²) in [7, 11) is 0. The van der Waals surface area contributed by atoms with E-state index in [0.29, 0.717) is 11.9 Å². The van der Waals surface area contributed by atoms with Crippen LogP contribution in [0.2, 0.25) is 0 Å². The molecule has 2 saturated heterocycles. The van der Waals surface area contributed by atoms with E-state index in [2.05, 4.69) is 5.32 Å². The van der Waals surface area contributed by atoms with Crippen molar-refractivity contribution in [1.82, 2.24) is 10.2 Å². The van der Waals surface area contributed by atoms with Gasteiger partial charge in [-0.3, -0.25) is 4.79 Å². The van der Waals surface area contributed by atoms with Gasteiger partial charge in [0.05, 0.1) is 6.04 Å². The summed E-state index contributed by atoms with van der Waals surface area (Å²) >= 11 is 0. The van der Waals surface area contributed by atoms with E-state index in [9.17, 15) is 4.79 Å². The first kappa shape index (κ1) is 10.9. The lowest BCUT2D eigenvalue weighted by Crippen LogP contribution is -2.52. The Morgan fingerprint density at radius 1 is 1.20 bits per heavy atom. The standard InChI is InChI=1S/C11H21N3O/c12-9-4-7-14(8-5-9)11(15)10-3-1-2-6-13-10/h9-10,13H,1-8,12H2. The number of hydrogen-bond donors (Lipinski definition) is 2. The first-order chi connectivity index (χ1) is 7.27. The number of nitrogens with two attached hydrogens (primary N) is 1. The van der Waals surface area contributed by atoms with Gasteiger partial charge in [0, 0.05) is 19.1 Å². The average Bonchev–Trinajstić information content (AvgIpc) is 2.30. The Morgan fingerprint density at radius 3 is 2.53 bits per heavy atom. The van der Waals surface area contributed by atoms with Gasteiger partial charge in [-0.25, -0.2) is 0 Å². The highest BCUT2D eigenvalue weighted by Gasteiger charge is 2.27. The lowest BCUT2D eigenvalue weighted by Gasteiger charge is -2.34. The molecule has 0 aromatic heterocycles. The van der Waals surface area contributed by atoms with E-state index in [4.69, 9.17) is 5.73 Å². The number of carbonyl (C=O) groups is 1. The molecule has 1 amide bonds. The topological polar surface area (TPSA) is 58.4 Å². The zero-order valence-corrected chi connectivity index (χ0v) is 9.24. The van der Waals surface area contributed by atoms with Gasteiger partial charge in [0.2, 0.25) is 5.91 Å². The van der Waals surface area contributed by atoms with Crippen LogP contribution in [0.15, 0.2) is 0 Å². The predicted octanol–water partition coefficient (Wildman–Crippen LogP) is 0.0782. The molecule has 2 aliphatic heterocycles. The summed E-state index contributed by atoms with van der Waals surface area (Å²) in [4.78, 5) is 14.1. The Bertz CT molecular complexity index is 218. The smallest absolute Gasteiger partial charge is 0.239 e. The molecule has 0 spiro atoms. The molecule has 0 radical (unpaired) electrons. The molecule has 2 heterocycles. The monoisotopic (exact) mass is 211 g/mol. The van der Waals surface area contributed by atoms with Crippen molar-refractivity contribution in [3.63, 3.8) is 0 Å². The fourth-order valence-corrected chi connectivity index (χ4v) is 2.40.